The molecule has 2 aromatic heterocycles. The van der Waals surface area contributed by atoms with Gasteiger partial charge in [0.2, 0.25) is 5.75 Å². The third-order valence-corrected chi connectivity index (χ3v) is 11.4. The zero-order valence-corrected chi connectivity index (χ0v) is 36.6. The van der Waals surface area contributed by atoms with E-state index >= 15 is 0 Å². The Labute approximate surface area is 372 Å². The summed E-state index contributed by atoms with van der Waals surface area (Å²) in [5.41, 5.74) is 1.93. The van der Waals surface area contributed by atoms with Gasteiger partial charge in [-0.1, -0.05) is 35.3 Å². The van der Waals surface area contributed by atoms with Crippen LogP contribution in [0.15, 0.2) is 83.8 Å². The molecule has 0 radical (unpaired) electrons. The molecule has 0 atom stereocenters. The van der Waals surface area contributed by atoms with Gasteiger partial charge < -0.3 is 38.8 Å². The maximum absolute atomic E-state index is 15.0. The topological polar surface area (TPSA) is 221 Å². The molecule has 0 bridgehead atoms. The Morgan fingerprint density at radius 3 is 1.80 bits per heavy atom. The third kappa shape index (κ3) is 10.2. The number of H-pyrrole nitrogens is 2. The number of anilines is 1. The van der Waals surface area contributed by atoms with Gasteiger partial charge in [-0.2, -0.15) is 0 Å². The Balaban J connectivity index is 0.000000219. The first-order valence-corrected chi connectivity index (χ1v) is 20.8. The van der Waals surface area contributed by atoms with E-state index in [-0.39, 0.29) is 95.5 Å². The van der Waals surface area contributed by atoms with Gasteiger partial charge in [-0.15, -0.1) is 0 Å². The summed E-state index contributed by atoms with van der Waals surface area (Å²) in [7, 11) is -0.233. The minimum absolute atomic E-state index is 0.0243. The van der Waals surface area contributed by atoms with E-state index in [2.05, 4.69) is 19.4 Å². The quantitative estimate of drug-likeness (QED) is 0.0454. The molecule has 21 heteroatoms. The fraction of sp³-hybridized carbons (Fsp3) is 0.163. The van der Waals surface area contributed by atoms with Crippen molar-refractivity contribution in [3.05, 3.63) is 133 Å². The monoisotopic (exact) mass is 940 g/mol. The molecule has 0 fully saturated rings. The lowest BCUT2D eigenvalue weighted by Crippen LogP contribution is -2.14. The summed E-state index contributed by atoms with van der Waals surface area (Å²) in [5, 5.41) is 21.1. The number of carboxylic acids is 1. The fourth-order valence-electron chi connectivity index (χ4n) is 6.52. The van der Waals surface area contributed by atoms with Crippen LogP contribution < -0.4 is 23.7 Å². The summed E-state index contributed by atoms with van der Waals surface area (Å²) < 4.78 is 85.1. The van der Waals surface area contributed by atoms with Gasteiger partial charge in [0.25, 0.3) is 10.0 Å². The smallest absolute Gasteiger partial charge is 0.321 e. The van der Waals surface area contributed by atoms with Crippen molar-refractivity contribution in [3.63, 3.8) is 0 Å². The van der Waals surface area contributed by atoms with Gasteiger partial charge in [-0.3, -0.25) is 24.4 Å². The number of rotatable bonds is 14. The minimum atomic E-state index is -4.26. The molecule has 4 N–H and O–H groups in total. The van der Waals surface area contributed by atoms with Crippen LogP contribution in [0.2, 0.25) is 10.0 Å². The second kappa shape index (κ2) is 19.1. The number of methoxy groups -OCH3 is 3. The molecule has 0 amide bonds. The molecule has 0 unspecified atom stereocenters. The Morgan fingerprint density at radius 2 is 1.27 bits per heavy atom. The van der Waals surface area contributed by atoms with Crippen LogP contribution in [0, 0.1) is 35.6 Å². The number of aromatic amines is 2. The molecule has 64 heavy (non-hydrogen) atoms. The summed E-state index contributed by atoms with van der Waals surface area (Å²) in [4.78, 5) is 38.9. The number of halogens is 4. The predicted octanol–water partition coefficient (Wildman–Crippen LogP) is 10.2. The van der Waals surface area contributed by atoms with E-state index < -0.39 is 38.5 Å². The average molecular weight is 942 g/mol. The number of hydrogen-bond acceptors (Lipinski definition) is 11. The number of nitro benzene ring substituents is 1. The molecule has 0 aliphatic carbocycles. The highest BCUT2D eigenvalue weighted by Crippen LogP contribution is 2.44. The van der Waals surface area contributed by atoms with Crippen LogP contribution in [0.1, 0.15) is 22.5 Å². The first-order valence-electron chi connectivity index (χ1n) is 18.6. The van der Waals surface area contributed by atoms with Gasteiger partial charge in [0, 0.05) is 33.9 Å². The molecule has 5 aromatic carbocycles. The van der Waals surface area contributed by atoms with Gasteiger partial charge >= 0.3 is 17.6 Å². The van der Waals surface area contributed by atoms with E-state index in [1.165, 1.54) is 69.9 Å². The number of benzene rings is 5. The van der Waals surface area contributed by atoms with Crippen molar-refractivity contribution in [1.82, 2.24) is 9.97 Å². The number of fused-ring (bicyclic) bond motifs is 2. The number of nitro groups is 1. The SMILES string of the molecule is COC(=O)Cc1ccc(Oc2cc(F)c3[nH]c(C)cc3c2[N+](=O)[O-])c(OC)c1.COc1cc(CC(=O)O)ccc1Oc1cc(F)c2[nH]c(C)cc2c1NS(=O)(=O)c1ccc(Cl)cc1Cl. The van der Waals surface area contributed by atoms with Crippen molar-refractivity contribution in [2.45, 2.75) is 31.6 Å². The standard InChI is InChI=1S/C24H19Cl2FN2O6S.C19H17FN2O6/c1-12-7-15-23(28-12)17(27)11-20(35-18-5-3-13(9-22(30)31)8-19(18)34-2)24(15)29-36(32,33)21-6-4-14(25)10-16(21)26;1-10-6-12-18(21-10)13(20)9-16(19(12)22(24)25)28-14-5-4-11(7-15(14)26-2)8-17(23)27-3/h3-8,10-11,28-29H,9H2,1-2H3,(H,30,31);4-7,9,21H,8H2,1-3H3. The first-order chi connectivity index (χ1) is 30.3. The molecule has 16 nitrogen and oxygen atoms in total. The number of hydrogen-bond donors (Lipinski definition) is 4. The lowest BCUT2D eigenvalue weighted by Gasteiger charge is -2.17. The number of nitrogens with zero attached hydrogens (tertiary/aromatic N) is 1. The molecule has 334 valence electrons. The summed E-state index contributed by atoms with van der Waals surface area (Å²) >= 11 is 12.0. The van der Waals surface area contributed by atoms with Gasteiger partial charge in [0.05, 0.1) is 60.5 Å². The van der Waals surface area contributed by atoms with Crippen LogP contribution in [0.4, 0.5) is 20.2 Å². The molecular formula is C43H36Cl2F2N4O12S. The Hall–Kier alpha value is -7.09. The van der Waals surface area contributed by atoms with Gasteiger partial charge in [-0.05, 0) is 79.6 Å². The number of carbonyl (C=O) groups excluding carboxylic acids is 1. The van der Waals surface area contributed by atoms with Crippen molar-refractivity contribution in [2.75, 3.05) is 26.1 Å². The molecule has 0 spiro atoms. The van der Waals surface area contributed by atoms with E-state index in [0.717, 1.165) is 12.1 Å². The van der Waals surface area contributed by atoms with E-state index in [1.54, 1.807) is 32.0 Å². The van der Waals surface area contributed by atoms with Crippen molar-refractivity contribution >= 4 is 78.3 Å². The summed E-state index contributed by atoms with van der Waals surface area (Å²) in [6, 6.07) is 18.0. The fourth-order valence-corrected chi connectivity index (χ4v) is 8.38. The molecule has 7 aromatic rings. The molecule has 2 heterocycles. The summed E-state index contributed by atoms with van der Waals surface area (Å²) in [6.07, 6.45) is -0.219. The van der Waals surface area contributed by atoms with Crippen molar-refractivity contribution in [1.29, 1.82) is 0 Å². The van der Waals surface area contributed by atoms with Gasteiger partial charge in [-0.25, -0.2) is 17.2 Å². The molecular weight excluding hydrogens is 905 g/mol. The Morgan fingerprint density at radius 1 is 0.734 bits per heavy atom. The average Bonchev–Trinajstić information content (AvgIpc) is 3.82. The van der Waals surface area contributed by atoms with Crippen LogP contribution in [-0.2, 0) is 37.2 Å². The van der Waals surface area contributed by atoms with Crippen LogP contribution in [0.3, 0.4) is 0 Å². The molecule has 7 rings (SSSR count). The summed E-state index contributed by atoms with van der Waals surface area (Å²) in [5.74, 6) is -2.55. The Bertz CT molecular complexity index is 3090. The predicted molar refractivity (Wildman–Crippen MR) is 233 cm³/mol. The number of sulfonamides is 1. The first kappa shape index (κ1) is 46.4. The van der Waals surface area contributed by atoms with Gasteiger partial charge in [0.15, 0.2) is 40.4 Å². The molecule has 0 aliphatic rings. The van der Waals surface area contributed by atoms with Crippen molar-refractivity contribution < 1.29 is 60.5 Å². The molecule has 0 saturated heterocycles. The highest BCUT2D eigenvalue weighted by molar-refractivity contribution is 7.92. The lowest BCUT2D eigenvalue weighted by molar-refractivity contribution is -0.383. The van der Waals surface area contributed by atoms with E-state index in [0.29, 0.717) is 22.5 Å². The van der Waals surface area contributed by atoms with Crippen LogP contribution >= 0.6 is 23.2 Å². The second-order valence-electron chi connectivity index (χ2n) is 13.9. The maximum atomic E-state index is 15.0. The number of carboxylic acid groups (broad SMARTS) is 1. The number of esters is 1. The van der Waals surface area contributed by atoms with Crippen LogP contribution in [0.25, 0.3) is 21.8 Å². The summed E-state index contributed by atoms with van der Waals surface area (Å²) in [6.45, 7) is 3.37. The van der Waals surface area contributed by atoms with Crippen molar-refractivity contribution in [3.8, 4) is 34.5 Å². The van der Waals surface area contributed by atoms with E-state index in [9.17, 15) is 36.9 Å². The van der Waals surface area contributed by atoms with Crippen LogP contribution in [-0.4, -0.2) is 61.7 Å². The second-order valence-corrected chi connectivity index (χ2v) is 16.3. The highest BCUT2D eigenvalue weighted by Gasteiger charge is 2.27. The number of carbonyl (C=O) groups is 2. The van der Waals surface area contributed by atoms with E-state index in [1.807, 2.05) is 0 Å². The normalized spacial score (nSPS) is 11.1. The maximum Gasteiger partial charge on any atom is 0.321 e. The lowest BCUT2D eigenvalue weighted by atomic mass is 10.1. The number of aromatic nitrogens is 2. The van der Waals surface area contributed by atoms with E-state index in [4.69, 9.17) is 47.3 Å². The number of ether oxygens (including phenoxy) is 5. The number of nitrogens with one attached hydrogen (secondary N) is 3. The zero-order chi connectivity index (χ0) is 46.6. The Kier molecular flexibility index (Phi) is 13.9. The largest absolute Gasteiger partial charge is 0.493 e. The molecule has 0 aliphatic heterocycles. The van der Waals surface area contributed by atoms with Gasteiger partial charge in [0.1, 0.15) is 10.6 Å². The molecule has 0 saturated carbocycles. The van der Waals surface area contributed by atoms with Crippen LogP contribution in [0.5, 0.6) is 34.5 Å². The minimum Gasteiger partial charge on any atom is -0.493 e. The third-order valence-electron chi connectivity index (χ3n) is 9.33. The number of aryl methyl sites for hydroxylation is 2. The zero-order valence-electron chi connectivity index (χ0n) is 34.2. The highest BCUT2D eigenvalue weighted by atomic mass is 35.5. The number of aliphatic carboxylic acids is 1. The van der Waals surface area contributed by atoms with Crippen molar-refractivity contribution in [2.24, 2.45) is 0 Å².